The Morgan fingerprint density at radius 2 is 1.22 bits per heavy atom. The van der Waals surface area contributed by atoms with Gasteiger partial charge in [-0.05, 0) is 26.7 Å². The van der Waals surface area contributed by atoms with Gasteiger partial charge in [-0.3, -0.25) is 0 Å². The summed E-state index contributed by atoms with van der Waals surface area (Å²) in [6.45, 7) is 8.87. The van der Waals surface area contributed by atoms with E-state index in [2.05, 4.69) is 13.8 Å². The molecule has 23 heavy (non-hydrogen) atoms. The van der Waals surface area contributed by atoms with E-state index >= 15 is 0 Å². The molecule has 2 N–H and O–H groups in total. The third-order valence-corrected chi connectivity index (χ3v) is 4.45. The van der Waals surface area contributed by atoms with E-state index in [0.29, 0.717) is 13.2 Å². The van der Waals surface area contributed by atoms with E-state index in [1.54, 1.807) is 0 Å². The van der Waals surface area contributed by atoms with Crippen molar-refractivity contribution in [3.8, 4) is 0 Å². The number of rotatable bonds is 8. The van der Waals surface area contributed by atoms with E-state index in [1.165, 1.54) is 0 Å². The molecule has 6 atom stereocenters. The van der Waals surface area contributed by atoms with Gasteiger partial charge in [0.1, 0.15) is 36.6 Å². The molecule has 1 saturated carbocycles. The molecule has 1 saturated heterocycles. The van der Waals surface area contributed by atoms with Gasteiger partial charge in [-0.25, -0.2) is 0 Å². The minimum Gasteiger partial charge on any atom is -0.387 e. The van der Waals surface area contributed by atoms with Gasteiger partial charge in [0, 0.05) is 13.2 Å². The van der Waals surface area contributed by atoms with E-state index in [0.717, 1.165) is 25.7 Å². The van der Waals surface area contributed by atoms with Crippen molar-refractivity contribution in [2.24, 2.45) is 0 Å². The molecule has 1 aliphatic carbocycles. The molecule has 0 radical (unpaired) electrons. The molecule has 0 aromatic rings. The summed E-state index contributed by atoms with van der Waals surface area (Å²) in [6.07, 6.45) is -0.359. The van der Waals surface area contributed by atoms with Gasteiger partial charge in [-0.1, -0.05) is 26.7 Å². The Labute approximate surface area is 139 Å². The smallest absolute Gasteiger partial charge is 0.164 e. The molecular formula is C17H32O6. The van der Waals surface area contributed by atoms with Crippen LogP contribution in [0.25, 0.3) is 0 Å². The molecular weight excluding hydrogens is 300 g/mol. The van der Waals surface area contributed by atoms with Crippen LogP contribution in [0.5, 0.6) is 0 Å². The highest BCUT2D eigenvalue weighted by Gasteiger charge is 2.58. The highest BCUT2D eigenvalue weighted by atomic mass is 16.8. The molecule has 2 fully saturated rings. The van der Waals surface area contributed by atoms with Gasteiger partial charge in [-0.15, -0.1) is 0 Å². The van der Waals surface area contributed by atoms with Gasteiger partial charge in [0.15, 0.2) is 5.79 Å². The van der Waals surface area contributed by atoms with Crippen molar-refractivity contribution in [2.45, 2.75) is 95.8 Å². The molecule has 0 amide bonds. The van der Waals surface area contributed by atoms with Crippen molar-refractivity contribution >= 4 is 0 Å². The lowest BCUT2D eigenvalue weighted by molar-refractivity contribution is -0.218. The average Bonchev–Trinajstić information content (AvgIpc) is 2.82. The van der Waals surface area contributed by atoms with Crippen molar-refractivity contribution in [2.75, 3.05) is 13.2 Å². The summed E-state index contributed by atoms with van der Waals surface area (Å²) in [5.74, 6) is -0.780. The zero-order valence-electron chi connectivity index (χ0n) is 14.7. The fraction of sp³-hybridized carbons (Fsp3) is 1.00. The largest absolute Gasteiger partial charge is 0.387 e. The summed E-state index contributed by atoms with van der Waals surface area (Å²) in [6, 6.07) is 0. The van der Waals surface area contributed by atoms with Crippen LogP contribution >= 0.6 is 0 Å². The standard InChI is InChI=1S/C17H32O6/c1-5-7-9-20-13-11(18)12(19)14(21-10-8-6-2)16-15(13)22-17(3,4)23-16/h11-16,18-19H,5-10H2,1-4H3/t11-,12?,13?,14?,15+,16?/m0/s1. The van der Waals surface area contributed by atoms with Crippen molar-refractivity contribution in [1.82, 2.24) is 0 Å². The molecule has 0 aromatic carbocycles. The fourth-order valence-electron chi connectivity index (χ4n) is 3.22. The van der Waals surface area contributed by atoms with Gasteiger partial charge in [0.05, 0.1) is 0 Å². The summed E-state index contributed by atoms with van der Waals surface area (Å²) < 4.78 is 23.5. The van der Waals surface area contributed by atoms with E-state index < -0.39 is 42.4 Å². The molecule has 2 rings (SSSR count). The molecule has 136 valence electrons. The predicted molar refractivity (Wildman–Crippen MR) is 85.1 cm³/mol. The van der Waals surface area contributed by atoms with E-state index in [9.17, 15) is 10.2 Å². The number of fused-ring (bicyclic) bond motifs is 1. The van der Waals surface area contributed by atoms with Crippen LogP contribution in [0, 0.1) is 0 Å². The first-order valence-corrected chi connectivity index (χ1v) is 8.86. The topological polar surface area (TPSA) is 77.4 Å². The second-order valence-electron chi connectivity index (χ2n) is 6.92. The van der Waals surface area contributed by atoms with Gasteiger partial charge >= 0.3 is 0 Å². The van der Waals surface area contributed by atoms with Crippen LogP contribution in [-0.4, -0.2) is 65.8 Å². The highest BCUT2D eigenvalue weighted by Crippen LogP contribution is 2.39. The summed E-state index contributed by atoms with van der Waals surface area (Å²) in [5.41, 5.74) is 0. The molecule has 1 heterocycles. The molecule has 4 unspecified atom stereocenters. The maximum absolute atomic E-state index is 10.5. The van der Waals surface area contributed by atoms with Gasteiger partial charge < -0.3 is 29.2 Å². The molecule has 6 heteroatoms. The van der Waals surface area contributed by atoms with Gasteiger partial charge in [0.25, 0.3) is 0 Å². The van der Waals surface area contributed by atoms with E-state index in [-0.39, 0.29) is 0 Å². The lowest BCUT2D eigenvalue weighted by Gasteiger charge is -2.43. The predicted octanol–water partition coefficient (Wildman–Crippen LogP) is 1.61. The number of aliphatic hydroxyl groups excluding tert-OH is 2. The Balaban J connectivity index is 2.10. The Hall–Kier alpha value is -0.240. The van der Waals surface area contributed by atoms with Crippen LogP contribution in [0.4, 0.5) is 0 Å². The molecule has 0 bridgehead atoms. The molecule has 6 nitrogen and oxygen atoms in total. The minimum absolute atomic E-state index is 0.438. The molecule has 1 aliphatic heterocycles. The number of aliphatic hydroxyl groups is 2. The fourth-order valence-corrected chi connectivity index (χ4v) is 3.22. The Kier molecular flexibility index (Phi) is 6.83. The zero-order chi connectivity index (χ0) is 17.0. The molecule has 2 aliphatic rings. The van der Waals surface area contributed by atoms with E-state index in [1.807, 2.05) is 13.8 Å². The van der Waals surface area contributed by atoms with Crippen LogP contribution in [0.15, 0.2) is 0 Å². The first kappa shape index (κ1) is 19.1. The van der Waals surface area contributed by atoms with Gasteiger partial charge in [-0.2, -0.15) is 0 Å². The normalized spacial score (nSPS) is 39.4. The third kappa shape index (κ3) is 4.44. The first-order chi connectivity index (χ1) is 10.9. The van der Waals surface area contributed by atoms with Crippen LogP contribution in [0.3, 0.4) is 0 Å². The second-order valence-corrected chi connectivity index (χ2v) is 6.92. The lowest BCUT2D eigenvalue weighted by atomic mass is 9.84. The Morgan fingerprint density at radius 3 is 1.57 bits per heavy atom. The number of unbranched alkanes of at least 4 members (excludes halogenated alkanes) is 2. The second kappa shape index (κ2) is 8.23. The third-order valence-electron chi connectivity index (χ3n) is 4.45. The van der Waals surface area contributed by atoms with E-state index in [4.69, 9.17) is 18.9 Å². The van der Waals surface area contributed by atoms with Crippen molar-refractivity contribution in [3.63, 3.8) is 0 Å². The molecule has 0 spiro atoms. The quantitative estimate of drug-likeness (QED) is 0.658. The molecule has 0 aromatic heterocycles. The van der Waals surface area contributed by atoms with Crippen molar-refractivity contribution in [1.29, 1.82) is 0 Å². The summed E-state index contributed by atoms with van der Waals surface area (Å²) in [4.78, 5) is 0. The highest BCUT2D eigenvalue weighted by molar-refractivity contribution is 5.05. The lowest BCUT2D eigenvalue weighted by Crippen LogP contribution is -2.64. The minimum atomic E-state index is -1.04. The summed E-state index contributed by atoms with van der Waals surface area (Å²) >= 11 is 0. The van der Waals surface area contributed by atoms with Gasteiger partial charge in [0.2, 0.25) is 0 Å². The summed E-state index contributed by atoms with van der Waals surface area (Å²) in [7, 11) is 0. The first-order valence-electron chi connectivity index (χ1n) is 8.86. The van der Waals surface area contributed by atoms with Crippen molar-refractivity contribution < 1.29 is 29.2 Å². The SMILES string of the molecule is CCCCOC1C(O)[C@H](O)C(OCCCC)[C@H]2OC(C)(C)OC12. The zero-order valence-corrected chi connectivity index (χ0v) is 14.7. The maximum atomic E-state index is 10.5. The van der Waals surface area contributed by atoms with Crippen LogP contribution in [-0.2, 0) is 18.9 Å². The Morgan fingerprint density at radius 1 is 0.826 bits per heavy atom. The number of ether oxygens (including phenoxy) is 4. The Bertz CT molecular complexity index is 329. The van der Waals surface area contributed by atoms with Crippen LogP contribution in [0.2, 0.25) is 0 Å². The monoisotopic (exact) mass is 332 g/mol. The number of hydrogen-bond donors (Lipinski definition) is 2. The maximum Gasteiger partial charge on any atom is 0.164 e. The average molecular weight is 332 g/mol. The van der Waals surface area contributed by atoms with Crippen molar-refractivity contribution in [3.05, 3.63) is 0 Å². The number of hydrogen-bond acceptors (Lipinski definition) is 6. The van der Waals surface area contributed by atoms with Crippen LogP contribution in [0.1, 0.15) is 53.4 Å². The van der Waals surface area contributed by atoms with Crippen LogP contribution < -0.4 is 0 Å². The summed E-state index contributed by atoms with van der Waals surface area (Å²) in [5, 5.41) is 21.0.